The molecule has 0 spiro atoms. The van der Waals surface area contributed by atoms with E-state index in [1.54, 1.807) is 0 Å². The quantitative estimate of drug-likeness (QED) is 0.373. The van der Waals surface area contributed by atoms with E-state index in [9.17, 15) is 4.79 Å². The standard InChI is InChI=1S/C23H30O3/c1-4-10-18-15-16-22(20(17-18)11-5-2)26-23(24)25-21(12-6-3)19-13-8-7-9-14-19/h7-9,13-17,21H,4-6,10-12H2,1-3H3. The van der Waals surface area contributed by atoms with E-state index in [0.717, 1.165) is 49.7 Å². The third kappa shape index (κ3) is 5.91. The van der Waals surface area contributed by atoms with Gasteiger partial charge in [-0.25, -0.2) is 4.79 Å². The third-order valence-corrected chi connectivity index (χ3v) is 4.34. The minimum absolute atomic E-state index is 0.275. The number of carbonyl (C=O) groups excluding carboxylic acids is 1. The number of aryl methyl sites for hydroxylation is 2. The molecule has 0 heterocycles. The fourth-order valence-electron chi connectivity index (χ4n) is 3.09. The molecule has 0 amide bonds. The van der Waals surface area contributed by atoms with Crippen molar-refractivity contribution < 1.29 is 14.3 Å². The fraction of sp³-hybridized carbons (Fsp3) is 0.435. The maximum absolute atomic E-state index is 12.4. The summed E-state index contributed by atoms with van der Waals surface area (Å²) in [6, 6.07) is 15.9. The second-order valence-electron chi connectivity index (χ2n) is 6.60. The van der Waals surface area contributed by atoms with Crippen LogP contribution >= 0.6 is 0 Å². The summed E-state index contributed by atoms with van der Waals surface area (Å²) in [5, 5.41) is 0. The summed E-state index contributed by atoms with van der Waals surface area (Å²) in [6.07, 6.45) is 4.82. The first-order chi connectivity index (χ1) is 12.7. The zero-order chi connectivity index (χ0) is 18.8. The summed E-state index contributed by atoms with van der Waals surface area (Å²) in [7, 11) is 0. The van der Waals surface area contributed by atoms with E-state index in [0.29, 0.717) is 5.75 Å². The highest BCUT2D eigenvalue weighted by molar-refractivity contribution is 5.65. The number of ether oxygens (including phenoxy) is 2. The second-order valence-corrected chi connectivity index (χ2v) is 6.60. The van der Waals surface area contributed by atoms with Gasteiger partial charge in [0, 0.05) is 0 Å². The molecule has 0 saturated carbocycles. The molecule has 0 aliphatic rings. The van der Waals surface area contributed by atoms with Crippen LogP contribution in [-0.2, 0) is 17.6 Å². The highest BCUT2D eigenvalue weighted by Gasteiger charge is 2.18. The summed E-state index contributed by atoms with van der Waals surface area (Å²) in [5.41, 5.74) is 3.35. The molecule has 140 valence electrons. The first-order valence-corrected chi connectivity index (χ1v) is 9.73. The van der Waals surface area contributed by atoms with Gasteiger partial charge >= 0.3 is 6.16 Å². The molecule has 1 unspecified atom stereocenters. The van der Waals surface area contributed by atoms with Gasteiger partial charge < -0.3 is 9.47 Å². The predicted octanol–water partition coefficient (Wildman–Crippen LogP) is 6.65. The summed E-state index contributed by atoms with van der Waals surface area (Å²) in [5.74, 6) is 0.611. The topological polar surface area (TPSA) is 35.5 Å². The molecular weight excluding hydrogens is 324 g/mol. The van der Waals surface area contributed by atoms with Crippen LogP contribution in [0, 0.1) is 0 Å². The average molecular weight is 354 g/mol. The number of hydrogen-bond acceptors (Lipinski definition) is 3. The molecule has 0 radical (unpaired) electrons. The average Bonchev–Trinajstić information content (AvgIpc) is 2.65. The Kier molecular flexibility index (Phi) is 8.20. The maximum atomic E-state index is 12.4. The Bertz CT molecular complexity index is 679. The van der Waals surface area contributed by atoms with E-state index in [4.69, 9.17) is 9.47 Å². The first-order valence-electron chi connectivity index (χ1n) is 9.73. The smallest absolute Gasteiger partial charge is 0.426 e. The summed E-state index contributed by atoms with van der Waals surface area (Å²) < 4.78 is 11.2. The molecule has 0 aliphatic heterocycles. The van der Waals surface area contributed by atoms with Crippen LogP contribution in [0.1, 0.15) is 69.2 Å². The van der Waals surface area contributed by atoms with Crippen LogP contribution in [0.2, 0.25) is 0 Å². The largest absolute Gasteiger partial charge is 0.514 e. The summed E-state index contributed by atoms with van der Waals surface area (Å²) >= 11 is 0. The molecule has 0 N–H and O–H groups in total. The molecule has 26 heavy (non-hydrogen) atoms. The summed E-state index contributed by atoms with van der Waals surface area (Å²) in [4.78, 5) is 12.4. The van der Waals surface area contributed by atoms with Gasteiger partial charge in [-0.3, -0.25) is 0 Å². The maximum Gasteiger partial charge on any atom is 0.514 e. The van der Waals surface area contributed by atoms with Crippen LogP contribution in [-0.4, -0.2) is 6.16 Å². The van der Waals surface area contributed by atoms with Gasteiger partial charge in [-0.1, -0.05) is 82.5 Å². The van der Waals surface area contributed by atoms with Gasteiger partial charge in [-0.15, -0.1) is 0 Å². The molecule has 1 atom stereocenters. The zero-order valence-corrected chi connectivity index (χ0v) is 16.2. The van der Waals surface area contributed by atoms with E-state index in [1.807, 2.05) is 42.5 Å². The Hall–Kier alpha value is -2.29. The lowest BCUT2D eigenvalue weighted by Gasteiger charge is -2.18. The number of hydrogen-bond donors (Lipinski definition) is 0. The van der Waals surface area contributed by atoms with Crippen LogP contribution in [0.5, 0.6) is 5.75 Å². The minimum atomic E-state index is -0.632. The van der Waals surface area contributed by atoms with Gasteiger partial charge in [0.1, 0.15) is 11.9 Å². The van der Waals surface area contributed by atoms with Crippen molar-refractivity contribution in [2.24, 2.45) is 0 Å². The Morgan fingerprint density at radius 2 is 1.65 bits per heavy atom. The first kappa shape index (κ1) is 20.0. The van der Waals surface area contributed by atoms with Crippen LogP contribution in [0.4, 0.5) is 4.79 Å². The number of carbonyl (C=O) groups is 1. The van der Waals surface area contributed by atoms with Gasteiger partial charge in [0.25, 0.3) is 0 Å². The van der Waals surface area contributed by atoms with E-state index in [-0.39, 0.29) is 6.10 Å². The number of benzene rings is 2. The third-order valence-electron chi connectivity index (χ3n) is 4.34. The van der Waals surface area contributed by atoms with Crippen molar-refractivity contribution in [2.45, 2.75) is 65.4 Å². The van der Waals surface area contributed by atoms with Gasteiger partial charge in [-0.2, -0.15) is 0 Å². The highest BCUT2D eigenvalue weighted by atomic mass is 16.7. The van der Waals surface area contributed by atoms with Gasteiger partial charge in [0.2, 0.25) is 0 Å². The van der Waals surface area contributed by atoms with E-state index < -0.39 is 6.16 Å². The zero-order valence-electron chi connectivity index (χ0n) is 16.2. The molecule has 2 aromatic carbocycles. The Balaban J connectivity index is 2.10. The lowest BCUT2D eigenvalue weighted by molar-refractivity contribution is 0.0534. The SMILES string of the molecule is CCCc1ccc(OC(=O)OC(CCC)c2ccccc2)c(CCC)c1. The minimum Gasteiger partial charge on any atom is -0.426 e. The van der Waals surface area contributed by atoms with Crippen molar-refractivity contribution in [1.29, 1.82) is 0 Å². The number of rotatable bonds is 9. The molecule has 2 rings (SSSR count). The monoisotopic (exact) mass is 354 g/mol. The molecule has 3 heteroatoms. The van der Waals surface area contributed by atoms with Crippen LogP contribution in [0.3, 0.4) is 0 Å². The molecule has 2 aromatic rings. The van der Waals surface area contributed by atoms with Crippen LogP contribution < -0.4 is 4.74 Å². The van der Waals surface area contributed by atoms with Gasteiger partial charge in [-0.05, 0) is 42.0 Å². The van der Waals surface area contributed by atoms with E-state index in [1.165, 1.54) is 5.56 Å². The van der Waals surface area contributed by atoms with Crippen LogP contribution in [0.25, 0.3) is 0 Å². The molecule has 0 saturated heterocycles. The van der Waals surface area contributed by atoms with E-state index in [2.05, 4.69) is 26.8 Å². The van der Waals surface area contributed by atoms with Crippen LogP contribution in [0.15, 0.2) is 48.5 Å². The van der Waals surface area contributed by atoms with Gasteiger partial charge in [0.15, 0.2) is 0 Å². The predicted molar refractivity (Wildman–Crippen MR) is 106 cm³/mol. The Morgan fingerprint density at radius 3 is 2.31 bits per heavy atom. The lowest BCUT2D eigenvalue weighted by atomic mass is 10.0. The van der Waals surface area contributed by atoms with Crippen molar-refractivity contribution in [1.82, 2.24) is 0 Å². The van der Waals surface area contributed by atoms with Crippen molar-refractivity contribution >= 4 is 6.16 Å². The lowest BCUT2D eigenvalue weighted by Crippen LogP contribution is -2.16. The molecule has 0 aromatic heterocycles. The van der Waals surface area contributed by atoms with Crippen molar-refractivity contribution in [3.63, 3.8) is 0 Å². The normalized spacial score (nSPS) is 11.8. The Labute approximate surface area is 157 Å². The molecule has 0 bridgehead atoms. The molecule has 3 nitrogen and oxygen atoms in total. The molecule has 0 fully saturated rings. The fourth-order valence-corrected chi connectivity index (χ4v) is 3.09. The molecule has 0 aliphatic carbocycles. The van der Waals surface area contributed by atoms with Crippen molar-refractivity contribution in [3.8, 4) is 5.75 Å². The second kappa shape index (κ2) is 10.6. The summed E-state index contributed by atoms with van der Waals surface area (Å²) in [6.45, 7) is 6.37. The highest BCUT2D eigenvalue weighted by Crippen LogP contribution is 2.26. The van der Waals surface area contributed by atoms with Crippen molar-refractivity contribution in [2.75, 3.05) is 0 Å². The molecular formula is C23H30O3. The van der Waals surface area contributed by atoms with E-state index >= 15 is 0 Å². The van der Waals surface area contributed by atoms with Crippen molar-refractivity contribution in [3.05, 3.63) is 65.2 Å². The van der Waals surface area contributed by atoms with Gasteiger partial charge in [0.05, 0.1) is 0 Å². The Morgan fingerprint density at radius 1 is 0.923 bits per heavy atom.